The van der Waals surface area contributed by atoms with Crippen LogP contribution in [0.25, 0.3) is 0 Å². The molecule has 4 rings (SSSR count). The van der Waals surface area contributed by atoms with E-state index in [-0.39, 0.29) is 6.61 Å². The fourth-order valence-corrected chi connectivity index (χ4v) is 4.44. The summed E-state index contributed by atoms with van der Waals surface area (Å²) in [5.41, 5.74) is 8.05. The molecular formula is C28H30ClNO7. The van der Waals surface area contributed by atoms with Crippen LogP contribution in [0.4, 0.5) is 0 Å². The maximum Gasteiger partial charge on any atom is 0.248 e. The first-order valence-corrected chi connectivity index (χ1v) is 12.4. The second-order valence-electron chi connectivity index (χ2n) is 8.87. The molecule has 196 valence electrons. The largest absolute Gasteiger partial charge is 0.494 e. The Morgan fingerprint density at radius 2 is 1.57 bits per heavy atom. The van der Waals surface area contributed by atoms with Crippen molar-refractivity contribution in [3.8, 4) is 11.5 Å². The van der Waals surface area contributed by atoms with Gasteiger partial charge in [0, 0.05) is 10.6 Å². The highest BCUT2D eigenvalue weighted by Gasteiger charge is 2.44. The Balaban J connectivity index is 1.48. The third-order valence-electron chi connectivity index (χ3n) is 6.29. The van der Waals surface area contributed by atoms with E-state index in [1.165, 1.54) is 12.1 Å². The smallest absolute Gasteiger partial charge is 0.248 e. The highest BCUT2D eigenvalue weighted by atomic mass is 35.5. The van der Waals surface area contributed by atoms with Gasteiger partial charge in [0.1, 0.15) is 48.6 Å². The number of hydrogen-bond acceptors (Lipinski definition) is 7. The van der Waals surface area contributed by atoms with Crippen LogP contribution in [0.2, 0.25) is 5.02 Å². The zero-order valence-corrected chi connectivity index (χ0v) is 21.0. The fourth-order valence-electron chi connectivity index (χ4n) is 4.25. The van der Waals surface area contributed by atoms with Crippen LogP contribution in [-0.2, 0) is 11.2 Å². The summed E-state index contributed by atoms with van der Waals surface area (Å²) < 4.78 is 17.2. The Labute approximate surface area is 220 Å². The van der Waals surface area contributed by atoms with Crippen molar-refractivity contribution in [2.75, 3.05) is 13.2 Å². The molecule has 0 bridgehead atoms. The fraction of sp³-hybridized carbons (Fsp3) is 0.321. The molecule has 3 aromatic carbocycles. The zero-order chi connectivity index (χ0) is 26.5. The molecule has 0 saturated carbocycles. The van der Waals surface area contributed by atoms with Crippen molar-refractivity contribution in [2.45, 2.75) is 43.9 Å². The quantitative estimate of drug-likeness (QED) is 0.336. The van der Waals surface area contributed by atoms with Crippen molar-refractivity contribution in [1.29, 1.82) is 0 Å². The van der Waals surface area contributed by atoms with Crippen molar-refractivity contribution in [3.05, 3.63) is 94.0 Å². The van der Waals surface area contributed by atoms with Crippen LogP contribution < -0.4 is 15.2 Å². The van der Waals surface area contributed by atoms with Gasteiger partial charge in [0.25, 0.3) is 0 Å². The van der Waals surface area contributed by atoms with Crippen molar-refractivity contribution in [2.24, 2.45) is 5.73 Å². The number of primary amides is 1. The average Bonchev–Trinajstić information content (AvgIpc) is 2.90. The number of carbonyl (C=O) groups is 1. The summed E-state index contributed by atoms with van der Waals surface area (Å²) in [6.07, 6.45) is -5.48. The second-order valence-corrected chi connectivity index (χ2v) is 9.28. The molecule has 0 spiro atoms. The van der Waals surface area contributed by atoms with Crippen LogP contribution in [0.5, 0.6) is 11.5 Å². The molecule has 0 unspecified atom stereocenters. The minimum atomic E-state index is -1.45. The van der Waals surface area contributed by atoms with E-state index in [0.29, 0.717) is 34.9 Å². The number of carbonyl (C=O) groups excluding carboxylic acids is 1. The minimum absolute atomic E-state index is 0.0933. The van der Waals surface area contributed by atoms with E-state index in [0.717, 1.165) is 16.9 Å². The van der Waals surface area contributed by atoms with E-state index in [2.05, 4.69) is 0 Å². The van der Waals surface area contributed by atoms with Crippen LogP contribution in [0, 0.1) is 0 Å². The van der Waals surface area contributed by atoms with E-state index in [4.69, 9.17) is 31.5 Å². The van der Waals surface area contributed by atoms with Crippen LogP contribution in [-0.4, -0.2) is 58.9 Å². The van der Waals surface area contributed by atoms with Crippen LogP contribution in [0.1, 0.15) is 40.1 Å². The maximum atomic E-state index is 11.2. The molecule has 3 aromatic rings. The molecule has 9 heteroatoms. The van der Waals surface area contributed by atoms with Gasteiger partial charge < -0.3 is 35.3 Å². The predicted octanol–water partition coefficient (Wildman–Crippen LogP) is 3.03. The molecule has 5 N–H and O–H groups in total. The van der Waals surface area contributed by atoms with Gasteiger partial charge in [-0.25, -0.2) is 0 Å². The van der Waals surface area contributed by atoms with Gasteiger partial charge in [-0.2, -0.15) is 0 Å². The Bertz CT molecular complexity index is 1200. The normalized spacial score (nSPS) is 23.4. The number of halogens is 1. The molecule has 1 aliphatic heterocycles. The van der Waals surface area contributed by atoms with Gasteiger partial charge >= 0.3 is 0 Å². The van der Waals surface area contributed by atoms with E-state index < -0.39 is 36.4 Å². The number of aliphatic hydroxyl groups is 3. The highest BCUT2D eigenvalue weighted by Crippen LogP contribution is 2.35. The summed E-state index contributed by atoms with van der Waals surface area (Å²) in [5.74, 6) is 0.666. The Morgan fingerprint density at radius 3 is 2.22 bits per heavy atom. The van der Waals surface area contributed by atoms with E-state index in [1.807, 2.05) is 37.3 Å². The van der Waals surface area contributed by atoms with Crippen LogP contribution in [0.3, 0.4) is 0 Å². The number of benzene rings is 3. The second kappa shape index (κ2) is 11.9. The standard InChI is InChI=1S/C28H30ClNO7/c1-2-35-20-8-3-16(4-9-20)13-19-14-18(7-12-22(19)29)27-26(33)25(32)24(31)23(37-27)15-36-21-10-5-17(6-11-21)28(30)34/h3-12,14,23-27,31-33H,2,13,15H2,1H3,(H2,30,34)/t23-,24+,25-,26-,27+/m1/s1. The number of ether oxygens (including phenoxy) is 3. The van der Waals surface area contributed by atoms with E-state index in [9.17, 15) is 20.1 Å². The molecule has 0 aliphatic carbocycles. The topological polar surface area (TPSA) is 131 Å². The number of nitrogens with two attached hydrogens (primary N) is 1. The summed E-state index contributed by atoms with van der Waals surface area (Å²) in [6, 6.07) is 19.2. The third kappa shape index (κ3) is 6.41. The predicted molar refractivity (Wildman–Crippen MR) is 138 cm³/mol. The molecular weight excluding hydrogens is 498 g/mol. The number of hydrogen-bond donors (Lipinski definition) is 4. The molecule has 1 heterocycles. The molecule has 0 radical (unpaired) electrons. The van der Waals surface area contributed by atoms with Gasteiger partial charge in [-0.3, -0.25) is 4.79 Å². The van der Waals surface area contributed by atoms with Gasteiger partial charge in [0.15, 0.2) is 0 Å². The SMILES string of the molecule is CCOc1ccc(Cc2cc([C@@H]3O[C@H](COc4ccc(C(N)=O)cc4)[C@H](O)[C@@H](O)[C@H]3O)ccc2Cl)cc1. The molecule has 1 aliphatic rings. The molecule has 1 fully saturated rings. The van der Waals surface area contributed by atoms with Gasteiger partial charge in [-0.1, -0.05) is 35.9 Å². The van der Waals surface area contributed by atoms with Crippen LogP contribution in [0.15, 0.2) is 66.7 Å². The summed E-state index contributed by atoms with van der Waals surface area (Å²) in [5, 5.41) is 32.3. The first-order valence-electron chi connectivity index (χ1n) is 12.0. The van der Waals surface area contributed by atoms with Gasteiger partial charge in [-0.15, -0.1) is 0 Å². The Kier molecular flexibility index (Phi) is 8.68. The van der Waals surface area contributed by atoms with Crippen molar-refractivity contribution >= 4 is 17.5 Å². The molecule has 8 nitrogen and oxygen atoms in total. The van der Waals surface area contributed by atoms with E-state index in [1.54, 1.807) is 24.3 Å². The van der Waals surface area contributed by atoms with Gasteiger partial charge in [0.2, 0.25) is 5.91 Å². The average molecular weight is 528 g/mol. The first kappa shape index (κ1) is 26.9. The maximum absolute atomic E-state index is 11.2. The lowest BCUT2D eigenvalue weighted by Crippen LogP contribution is -2.55. The van der Waals surface area contributed by atoms with Crippen molar-refractivity contribution < 1.29 is 34.3 Å². The lowest BCUT2D eigenvalue weighted by Gasteiger charge is -2.40. The number of aliphatic hydroxyl groups excluding tert-OH is 3. The molecule has 1 amide bonds. The number of amides is 1. The van der Waals surface area contributed by atoms with Crippen molar-refractivity contribution in [3.63, 3.8) is 0 Å². The lowest BCUT2D eigenvalue weighted by atomic mass is 9.90. The van der Waals surface area contributed by atoms with E-state index >= 15 is 0 Å². The third-order valence-corrected chi connectivity index (χ3v) is 6.66. The van der Waals surface area contributed by atoms with Gasteiger partial charge in [0.05, 0.1) is 6.61 Å². The monoisotopic (exact) mass is 527 g/mol. The molecule has 0 aromatic heterocycles. The summed E-state index contributed by atoms with van der Waals surface area (Å²) >= 11 is 6.46. The lowest BCUT2D eigenvalue weighted by molar-refractivity contribution is -0.230. The number of rotatable bonds is 9. The molecule has 5 atom stereocenters. The van der Waals surface area contributed by atoms with Crippen LogP contribution >= 0.6 is 11.6 Å². The Morgan fingerprint density at radius 1 is 0.919 bits per heavy atom. The Hall–Kier alpha value is -3.14. The summed E-state index contributed by atoms with van der Waals surface area (Å²) in [7, 11) is 0. The van der Waals surface area contributed by atoms with Gasteiger partial charge in [-0.05, 0) is 72.5 Å². The summed E-state index contributed by atoms with van der Waals surface area (Å²) in [4.78, 5) is 11.2. The molecule has 1 saturated heterocycles. The molecule has 37 heavy (non-hydrogen) atoms. The zero-order valence-electron chi connectivity index (χ0n) is 20.3. The highest BCUT2D eigenvalue weighted by molar-refractivity contribution is 6.31. The minimum Gasteiger partial charge on any atom is -0.494 e. The summed E-state index contributed by atoms with van der Waals surface area (Å²) in [6.45, 7) is 2.42. The van der Waals surface area contributed by atoms with Crippen molar-refractivity contribution in [1.82, 2.24) is 0 Å². The first-order chi connectivity index (χ1) is 17.8.